The standard InChI is InChI=1S/C25H27NO5S.H2/c1-17-12-18(2)14-21(13-17)16-31-22-7-5-20(6-8-22)10-11-26-32(29,30)23-9-4-19(3)24(15-23)25(27)28;/h4-9,12-15,26H,10-11,16H2,1-3H3,(H,27,28);1H. The molecule has 0 unspecified atom stereocenters. The molecular weight excluding hydrogens is 426 g/mol. The van der Waals surface area contributed by atoms with Crippen molar-refractivity contribution in [2.24, 2.45) is 0 Å². The highest BCUT2D eigenvalue weighted by Crippen LogP contribution is 2.18. The molecule has 170 valence electrons. The van der Waals surface area contributed by atoms with Gasteiger partial charge < -0.3 is 9.84 Å². The Morgan fingerprint density at radius 3 is 2.22 bits per heavy atom. The summed E-state index contributed by atoms with van der Waals surface area (Å²) in [5, 5.41) is 9.20. The Kier molecular flexibility index (Phi) is 7.33. The molecule has 0 saturated carbocycles. The third-order valence-corrected chi connectivity index (χ3v) is 6.52. The van der Waals surface area contributed by atoms with Crippen molar-refractivity contribution in [1.82, 2.24) is 4.72 Å². The number of carbonyl (C=O) groups is 1. The molecule has 3 rings (SSSR count). The number of hydrogen-bond donors (Lipinski definition) is 2. The largest absolute Gasteiger partial charge is 0.489 e. The second kappa shape index (κ2) is 9.97. The summed E-state index contributed by atoms with van der Waals surface area (Å²) in [5.41, 5.74) is 4.96. The number of benzene rings is 3. The number of sulfonamides is 1. The fraction of sp³-hybridized carbons (Fsp3) is 0.240. The third kappa shape index (κ3) is 6.18. The van der Waals surface area contributed by atoms with E-state index in [9.17, 15) is 18.3 Å². The molecule has 3 aromatic carbocycles. The quantitative estimate of drug-likeness (QED) is 0.490. The lowest BCUT2D eigenvalue weighted by atomic mass is 10.1. The first kappa shape index (κ1) is 23.5. The predicted octanol–water partition coefficient (Wildman–Crippen LogP) is 4.66. The maximum absolute atomic E-state index is 12.5. The zero-order valence-electron chi connectivity index (χ0n) is 18.4. The molecule has 0 atom stereocenters. The van der Waals surface area contributed by atoms with Gasteiger partial charge in [0.1, 0.15) is 12.4 Å². The summed E-state index contributed by atoms with van der Waals surface area (Å²) in [7, 11) is -3.80. The number of ether oxygens (including phenoxy) is 1. The number of carboxylic acids is 1. The summed E-state index contributed by atoms with van der Waals surface area (Å²) in [4.78, 5) is 11.2. The van der Waals surface area contributed by atoms with Crippen LogP contribution in [-0.2, 0) is 23.1 Å². The Bertz CT molecular complexity index is 1200. The van der Waals surface area contributed by atoms with Crippen molar-refractivity contribution >= 4 is 16.0 Å². The van der Waals surface area contributed by atoms with Crippen LogP contribution in [0, 0.1) is 20.8 Å². The van der Waals surface area contributed by atoms with E-state index < -0.39 is 16.0 Å². The first-order valence-electron chi connectivity index (χ1n) is 10.3. The number of carboxylic acid groups (broad SMARTS) is 1. The van der Waals surface area contributed by atoms with Gasteiger partial charge in [0.15, 0.2) is 0 Å². The van der Waals surface area contributed by atoms with Crippen molar-refractivity contribution in [3.05, 3.63) is 94.0 Å². The van der Waals surface area contributed by atoms with Gasteiger partial charge in [-0.1, -0.05) is 47.5 Å². The molecule has 0 fully saturated rings. The third-order valence-electron chi connectivity index (χ3n) is 5.07. The van der Waals surface area contributed by atoms with Crippen molar-refractivity contribution in [3.63, 3.8) is 0 Å². The van der Waals surface area contributed by atoms with E-state index in [4.69, 9.17) is 4.74 Å². The van der Waals surface area contributed by atoms with Gasteiger partial charge in [0.25, 0.3) is 0 Å². The van der Waals surface area contributed by atoms with Crippen LogP contribution in [0.25, 0.3) is 0 Å². The summed E-state index contributed by atoms with van der Waals surface area (Å²) in [6.07, 6.45) is 0.494. The monoisotopic (exact) mass is 455 g/mol. The molecule has 0 spiro atoms. The van der Waals surface area contributed by atoms with Crippen LogP contribution in [0.15, 0.2) is 65.6 Å². The lowest BCUT2D eigenvalue weighted by Gasteiger charge is -2.10. The Morgan fingerprint density at radius 2 is 1.59 bits per heavy atom. The van der Waals surface area contributed by atoms with Gasteiger partial charge in [0.2, 0.25) is 10.0 Å². The Labute approximate surface area is 190 Å². The van der Waals surface area contributed by atoms with Gasteiger partial charge in [0.05, 0.1) is 10.5 Å². The molecule has 3 aromatic rings. The van der Waals surface area contributed by atoms with Gasteiger partial charge in [-0.25, -0.2) is 17.9 Å². The maximum atomic E-state index is 12.5. The van der Waals surface area contributed by atoms with Crippen molar-refractivity contribution < 1.29 is 24.5 Å². The Hall–Kier alpha value is -3.16. The molecule has 0 saturated heterocycles. The first-order valence-corrected chi connectivity index (χ1v) is 11.7. The zero-order chi connectivity index (χ0) is 23.3. The lowest BCUT2D eigenvalue weighted by Crippen LogP contribution is -2.26. The van der Waals surface area contributed by atoms with Crippen LogP contribution < -0.4 is 9.46 Å². The van der Waals surface area contributed by atoms with Gasteiger partial charge in [-0.3, -0.25) is 0 Å². The molecule has 0 amide bonds. The Morgan fingerprint density at radius 1 is 0.938 bits per heavy atom. The molecule has 7 heteroatoms. The summed E-state index contributed by atoms with van der Waals surface area (Å²) in [6, 6.07) is 17.9. The average Bonchev–Trinajstić information content (AvgIpc) is 2.72. The minimum absolute atomic E-state index is 0. The molecular formula is C25H29NO5S. The summed E-state index contributed by atoms with van der Waals surface area (Å²) >= 11 is 0. The fourth-order valence-corrected chi connectivity index (χ4v) is 4.54. The Balaban J connectivity index is 0.00000385. The van der Waals surface area contributed by atoms with Gasteiger partial charge in [-0.05, 0) is 68.1 Å². The van der Waals surface area contributed by atoms with Crippen LogP contribution in [0.2, 0.25) is 0 Å². The smallest absolute Gasteiger partial charge is 0.335 e. The molecule has 0 aliphatic carbocycles. The van der Waals surface area contributed by atoms with Crippen LogP contribution in [0.1, 0.15) is 39.6 Å². The highest BCUT2D eigenvalue weighted by Gasteiger charge is 2.17. The second-order valence-electron chi connectivity index (χ2n) is 7.86. The van der Waals surface area contributed by atoms with Gasteiger partial charge >= 0.3 is 5.97 Å². The van der Waals surface area contributed by atoms with Crippen molar-refractivity contribution in [2.45, 2.75) is 38.7 Å². The maximum Gasteiger partial charge on any atom is 0.335 e. The zero-order valence-corrected chi connectivity index (χ0v) is 19.2. The van der Waals surface area contributed by atoms with E-state index in [1.807, 2.05) is 24.3 Å². The average molecular weight is 456 g/mol. The molecule has 2 N–H and O–H groups in total. The molecule has 0 heterocycles. The van der Waals surface area contributed by atoms with Gasteiger partial charge in [0, 0.05) is 7.97 Å². The normalized spacial score (nSPS) is 11.3. The predicted molar refractivity (Wildman–Crippen MR) is 126 cm³/mol. The number of aryl methyl sites for hydroxylation is 3. The second-order valence-corrected chi connectivity index (χ2v) is 9.63. The number of rotatable bonds is 9. The summed E-state index contributed by atoms with van der Waals surface area (Å²) in [5.74, 6) is -0.409. The van der Waals surface area contributed by atoms with Gasteiger partial charge in [-0.2, -0.15) is 0 Å². The van der Waals surface area contributed by atoms with Crippen molar-refractivity contribution in [2.75, 3.05) is 6.54 Å². The highest BCUT2D eigenvalue weighted by atomic mass is 32.2. The summed E-state index contributed by atoms with van der Waals surface area (Å²) in [6.45, 7) is 6.42. The van der Waals surface area contributed by atoms with Crippen LogP contribution in [0.4, 0.5) is 0 Å². The van der Waals surface area contributed by atoms with E-state index in [0.717, 1.165) is 16.9 Å². The van der Waals surface area contributed by atoms with Crippen molar-refractivity contribution in [1.29, 1.82) is 0 Å². The van der Waals surface area contributed by atoms with E-state index in [1.54, 1.807) is 6.92 Å². The number of hydrogen-bond acceptors (Lipinski definition) is 4. The molecule has 32 heavy (non-hydrogen) atoms. The topological polar surface area (TPSA) is 92.7 Å². The molecule has 0 aliphatic rings. The minimum Gasteiger partial charge on any atom is -0.489 e. The molecule has 6 nitrogen and oxygen atoms in total. The highest BCUT2D eigenvalue weighted by molar-refractivity contribution is 7.89. The van der Waals surface area contributed by atoms with Crippen LogP contribution >= 0.6 is 0 Å². The van der Waals surface area contributed by atoms with Crippen LogP contribution in [0.3, 0.4) is 0 Å². The number of nitrogens with one attached hydrogen (secondary N) is 1. The van der Waals surface area contributed by atoms with E-state index in [-0.39, 0.29) is 18.4 Å². The van der Waals surface area contributed by atoms with E-state index in [1.165, 1.54) is 29.3 Å². The number of aromatic carboxylic acids is 1. The molecule has 0 aliphatic heterocycles. The van der Waals surface area contributed by atoms with Gasteiger partial charge in [-0.15, -0.1) is 0 Å². The van der Waals surface area contributed by atoms with Crippen molar-refractivity contribution in [3.8, 4) is 5.75 Å². The lowest BCUT2D eigenvalue weighted by molar-refractivity contribution is 0.0696. The van der Waals surface area contributed by atoms with E-state index >= 15 is 0 Å². The summed E-state index contributed by atoms with van der Waals surface area (Å²) < 4.78 is 33.4. The van der Waals surface area contributed by atoms with Crippen LogP contribution in [0.5, 0.6) is 5.75 Å². The molecule has 0 aromatic heterocycles. The first-order chi connectivity index (χ1) is 15.1. The molecule has 0 bridgehead atoms. The van der Waals surface area contributed by atoms with E-state index in [2.05, 4.69) is 36.8 Å². The van der Waals surface area contributed by atoms with Crippen LogP contribution in [-0.4, -0.2) is 26.0 Å². The minimum atomic E-state index is -3.80. The fourth-order valence-electron chi connectivity index (χ4n) is 3.48. The van der Waals surface area contributed by atoms with E-state index in [0.29, 0.717) is 18.6 Å². The molecule has 0 radical (unpaired) electrons. The SMILES string of the molecule is Cc1cc(C)cc(COc2ccc(CCNS(=O)(=O)c3ccc(C)c(C(=O)O)c3)cc2)c1.[HH].